The average Bonchev–Trinajstić information content (AvgIpc) is 3.23. The van der Waals surface area contributed by atoms with Crippen LogP contribution in [0.15, 0.2) is 22.8 Å². The number of hydrogen-bond acceptors (Lipinski definition) is 3. The topological polar surface area (TPSA) is 21.3 Å². The maximum Gasteiger partial charge on any atom is 0.0572 e. The first-order chi connectivity index (χ1) is 12.2. The maximum atomic E-state index is 5.49. The largest absolute Gasteiger partial charge is 0.381 e. The van der Waals surface area contributed by atoms with E-state index in [0.717, 1.165) is 23.0 Å². The summed E-state index contributed by atoms with van der Waals surface area (Å²) in [5.41, 5.74) is 5.22. The van der Waals surface area contributed by atoms with E-state index in [4.69, 9.17) is 4.74 Å². The normalized spacial score (nSPS) is 40.4. The average molecular weight is 362 g/mol. The Labute approximate surface area is 158 Å². The first-order valence-electron chi connectivity index (χ1n) is 10.6. The fraction of sp³-hybridized carbons (Fsp3) is 0.818. The summed E-state index contributed by atoms with van der Waals surface area (Å²) in [5.74, 6) is 2.68. The van der Waals surface area contributed by atoms with Gasteiger partial charge in [-0.25, -0.2) is 0 Å². The molecule has 2 nitrogen and oxygen atoms in total. The smallest absolute Gasteiger partial charge is 0.0572 e. The van der Waals surface area contributed by atoms with Crippen LogP contribution >= 0.6 is 11.9 Å². The van der Waals surface area contributed by atoms with Gasteiger partial charge in [-0.3, -0.25) is 4.72 Å². The highest BCUT2D eigenvalue weighted by atomic mass is 32.2. The first kappa shape index (κ1) is 18.1. The van der Waals surface area contributed by atoms with Crippen molar-refractivity contribution in [2.45, 2.75) is 89.0 Å². The van der Waals surface area contributed by atoms with Crippen LogP contribution in [0.1, 0.15) is 71.6 Å². The molecular weight excluding hydrogens is 326 g/mol. The van der Waals surface area contributed by atoms with Gasteiger partial charge in [0.25, 0.3) is 0 Å². The summed E-state index contributed by atoms with van der Waals surface area (Å²) in [7, 11) is 1.86. The van der Waals surface area contributed by atoms with Crippen molar-refractivity contribution in [1.29, 1.82) is 0 Å². The van der Waals surface area contributed by atoms with Gasteiger partial charge in [0.2, 0.25) is 0 Å². The SMILES string of the molecule is CCCC1=CC2=C1C2C1CCC(SNC2CCC(OC)CC2)C(C)C1. The summed E-state index contributed by atoms with van der Waals surface area (Å²) in [6.45, 7) is 4.79. The van der Waals surface area contributed by atoms with Gasteiger partial charge in [-0.2, -0.15) is 0 Å². The number of ether oxygens (including phenoxy) is 1. The Hall–Kier alpha value is -0.250. The zero-order valence-electron chi connectivity index (χ0n) is 16.2. The minimum Gasteiger partial charge on any atom is -0.381 e. The molecule has 0 heterocycles. The zero-order valence-corrected chi connectivity index (χ0v) is 17.0. The lowest BCUT2D eigenvalue weighted by molar-refractivity contribution is 0.0651. The Kier molecular flexibility index (Phi) is 5.64. The molecule has 0 aromatic rings. The van der Waals surface area contributed by atoms with Crippen molar-refractivity contribution in [3.8, 4) is 0 Å². The lowest BCUT2D eigenvalue weighted by Gasteiger charge is -2.36. The van der Waals surface area contributed by atoms with E-state index in [1.54, 1.807) is 16.7 Å². The van der Waals surface area contributed by atoms with Crippen LogP contribution in [0.25, 0.3) is 0 Å². The van der Waals surface area contributed by atoms with Crippen LogP contribution in [0, 0.1) is 17.8 Å². The van der Waals surface area contributed by atoms with Gasteiger partial charge in [-0.05, 0) is 79.9 Å². The molecule has 0 bridgehead atoms. The molecule has 0 spiro atoms. The molecule has 2 saturated carbocycles. The van der Waals surface area contributed by atoms with E-state index in [1.807, 2.05) is 7.11 Å². The van der Waals surface area contributed by atoms with Gasteiger partial charge in [-0.15, -0.1) is 0 Å². The predicted molar refractivity (Wildman–Crippen MR) is 108 cm³/mol. The summed E-state index contributed by atoms with van der Waals surface area (Å²) >= 11 is 2.06. The highest BCUT2D eigenvalue weighted by molar-refractivity contribution is 7.98. The predicted octanol–water partition coefficient (Wildman–Crippen LogP) is 5.65. The molecule has 0 aliphatic heterocycles. The van der Waals surface area contributed by atoms with Crippen LogP contribution in [0.3, 0.4) is 0 Å². The second-order valence-corrected chi connectivity index (χ2v) is 9.88. The molecule has 1 N–H and O–H groups in total. The lowest BCUT2D eigenvalue weighted by Crippen LogP contribution is -2.35. The number of nitrogens with one attached hydrogen (secondary N) is 1. The van der Waals surface area contributed by atoms with Crippen LogP contribution in [-0.2, 0) is 4.74 Å². The van der Waals surface area contributed by atoms with Gasteiger partial charge in [0.15, 0.2) is 0 Å². The molecule has 0 saturated heterocycles. The van der Waals surface area contributed by atoms with Gasteiger partial charge in [0.05, 0.1) is 6.10 Å². The number of methoxy groups -OCH3 is 1. The van der Waals surface area contributed by atoms with Crippen LogP contribution < -0.4 is 4.72 Å². The molecule has 4 aliphatic carbocycles. The van der Waals surface area contributed by atoms with E-state index in [1.165, 1.54) is 57.8 Å². The van der Waals surface area contributed by atoms with Crippen molar-refractivity contribution in [2.24, 2.45) is 17.8 Å². The molecule has 25 heavy (non-hydrogen) atoms. The third-order valence-electron chi connectivity index (χ3n) is 7.06. The Balaban J connectivity index is 1.17. The van der Waals surface area contributed by atoms with Crippen molar-refractivity contribution in [2.75, 3.05) is 7.11 Å². The van der Waals surface area contributed by atoms with Crippen molar-refractivity contribution >= 4 is 11.9 Å². The van der Waals surface area contributed by atoms with Crippen molar-refractivity contribution in [1.82, 2.24) is 4.72 Å². The van der Waals surface area contributed by atoms with E-state index < -0.39 is 0 Å². The fourth-order valence-electron chi connectivity index (χ4n) is 5.45. The molecule has 4 unspecified atom stereocenters. The number of allylic oxidation sites excluding steroid dienone is 4. The van der Waals surface area contributed by atoms with Crippen molar-refractivity contribution < 1.29 is 4.74 Å². The van der Waals surface area contributed by atoms with E-state index in [9.17, 15) is 0 Å². The minimum atomic E-state index is 0.507. The monoisotopic (exact) mass is 361 g/mol. The second kappa shape index (κ2) is 7.78. The Bertz CT molecular complexity index is 546. The van der Waals surface area contributed by atoms with E-state index in [-0.39, 0.29) is 0 Å². The molecule has 140 valence electrons. The molecular formula is C22H35NOS. The van der Waals surface area contributed by atoms with Gasteiger partial charge < -0.3 is 4.74 Å². The molecule has 2 fully saturated rings. The Morgan fingerprint density at radius 1 is 1.16 bits per heavy atom. The first-order valence-corrected chi connectivity index (χ1v) is 11.5. The van der Waals surface area contributed by atoms with Crippen molar-refractivity contribution in [3.63, 3.8) is 0 Å². The highest BCUT2D eigenvalue weighted by Gasteiger charge is 2.49. The number of hydrogen-bond donors (Lipinski definition) is 1. The summed E-state index contributed by atoms with van der Waals surface area (Å²) < 4.78 is 9.31. The summed E-state index contributed by atoms with van der Waals surface area (Å²) in [6.07, 6.45) is 14.9. The Morgan fingerprint density at radius 2 is 1.96 bits per heavy atom. The van der Waals surface area contributed by atoms with E-state index in [0.29, 0.717) is 12.1 Å². The molecule has 3 heteroatoms. The van der Waals surface area contributed by atoms with E-state index >= 15 is 0 Å². The highest BCUT2D eigenvalue weighted by Crippen LogP contribution is 2.61. The van der Waals surface area contributed by atoms with Gasteiger partial charge in [0.1, 0.15) is 0 Å². The molecule has 0 aromatic carbocycles. The quantitative estimate of drug-likeness (QED) is 0.592. The lowest BCUT2D eigenvalue weighted by atomic mass is 9.78. The van der Waals surface area contributed by atoms with Gasteiger partial charge >= 0.3 is 0 Å². The summed E-state index contributed by atoms with van der Waals surface area (Å²) in [5, 5.41) is 0.811. The minimum absolute atomic E-state index is 0.507. The van der Waals surface area contributed by atoms with Crippen molar-refractivity contribution in [3.05, 3.63) is 22.8 Å². The molecule has 4 atom stereocenters. The third kappa shape index (κ3) is 3.75. The van der Waals surface area contributed by atoms with Crippen LogP contribution in [-0.4, -0.2) is 24.5 Å². The zero-order chi connectivity index (χ0) is 17.4. The maximum absolute atomic E-state index is 5.49. The van der Waals surface area contributed by atoms with Gasteiger partial charge in [0, 0.05) is 24.3 Å². The fourth-order valence-corrected chi connectivity index (χ4v) is 6.65. The molecule has 0 radical (unpaired) electrons. The standard InChI is InChI=1S/C22H35NOS/c1-4-5-15-13-19-21(15)22(19)16-6-11-20(14(2)12-16)25-23-17-7-9-18(24-3)10-8-17/h13-14,16-18,20,22-23H,4-12H2,1-3H3. The molecule has 4 rings (SSSR count). The molecule has 0 aromatic heterocycles. The summed E-state index contributed by atoms with van der Waals surface area (Å²) in [6, 6.07) is 0.701. The third-order valence-corrected chi connectivity index (χ3v) is 8.54. The van der Waals surface area contributed by atoms with E-state index in [2.05, 4.69) is 36.6 Å². The van der Waals surface area contributed by atoms with Gasteiger partial charge in [-0.1, -0.05) is 38.3 Å². The van der Waals surface area contributed by atoms with Crippen LogP contribution in [0.5, 0.6) is 0 Å². The molecule has 4 aliphatic rings. The van der Waals surface area contributed by atoms with Crippen LogP contribution in [0.2, 0.25) is 0 Å². The molecule has 0 amide bonds. The number of rotatable bonds is 7. The second-order valence-electron chi connectivity index (χ2n) is 8.80. The summed E-state index contributed by atoms with van der Waals surface area (Å²) in [4.78, 5) is 0. The van der Waals surface area contributed by atoms with Crippen LogP contribution in [0.4, 0.5) is 0 Å². The Morgan fingerprint density at radius 3 is 2.64 bits per heavy atom.